The minimum atomic E-state index is 0.444. The lowest BCUT2D eigenvalue weighted by molar-refractivity contribution is 0.125. The molecule has 0 saturated carbocycles. The molecule has 0 atom stereocenters. The van der Waals surface area contributed by atoms with Crippen molar-refractivity contribution in [3.8, 4) is 0 Å². The molecular weight excluding hydrogens is 264 g/mol. The molecule has 2 rings (SSSR count). The lowest BCUT2D eigenvalue weighted by atomic mass is 10.2. The molecule has 0 radical (unpaired) electrons. The van der Waals surface area contributed by atoms with Crippen LogP contribution in [0.15, 0.2) is 47.0 Å². The topological polar surface area (TPSA) is 47.3 Å². The van der Waals surface area contributed by atoms with Crippen LogP contribution in [0.5, 0.6) is 0 Å². The SMILES string of the molecule is CCCNCc1cc(COCC=Cc2ccccc2)on1. The van der Waals surface area contributed by atoms with Gasteiger partial charge in [0.25, 0.3) is 0 Å². The van der Waals surface area contributed by atoms with Gasteiger partial charge < -0.3 is 14.6 Å². The van der Waals surface area contributed by atoms with Crippen LogP contribution in [0.3, 0.4) is 0 Å². The van der Waals surface area contributed by atoms with E-state index in [0.29, 0.717) is 13.2 Å². The van der Waals surface area contributed by atoms with Gasteiger partial charge in [-0.3, -0.25) is 0 Å². The molecule has 0 unspecified atom stereocenters. The van der Waals surface area contributed by atoms with Gasteiger partial charge in [0.05, 0.1) is 12.3 Å². The lowest BCUT2D eigenvalue weighted by Gasteiger charge is -1.97. The van der Waals surface area contributed by atoms with Gasteiger partial charge in [0, 0.05) is 12.6 Å². The van der Waals surface area contributed by atoms with Gasteiger partial charge in [-0.2, -0.15) is 0 Å². The third-order valence-corrected chi connectivity index (χ3v) is 2.91. The van der Waals surface area contributed by atoms with Gasteiger partial charge in [0.1, 0.15) is 6.61 Å². The summed E-state index contributed by atoms with van der Waals surface area (Å²) < 4.78 is 10.8. The van der Waals surface area contributed by atoms with Crippen molar-refractivity contribution in [1.82, 2.24) is 10.5 Å². The molecule has 4 heteroatoms. The van der Waals surface area contributed by atoms with Crippen LogP contribution in [0.4, 0.5) is 0 Å². The zero-order valence-corrected chi connectivity index (χ0v) is 12.4. The Morgan fingerprint density at radius 2 is 2.14 bits per heavy atom. The Balaban J connectivity index is 1.65. The van der Waals surface area contributed by atoms with Gasteiger partial charge in [-0.25, -0.2) is 0 Å². The summed E-state index contributed by atoms with van der Waals surface area (Å²) in [5.74, 6) is 0.761. The Morgan fingerprint density at radius 3 is 2.95 bits per heavy atom. The zero-order valence-electron chi connectivity index (χ0n) is 12.4. The van der Waals surface area contributed by atoms with Crippen LogP contribution in [0.2, 0.25) is 0 Å². The van der Waals surface area contributed by atoms with E-state index in [-0.39, 0.29) is 0 Å². The highest BCUT2D eigenvalue weighted by atomic mass is 16.5. The van der Waals surface area contributed by atoms with E-state index in [1.165, 1.54) is 5.56 Å². The molecule has 0 saturated heterocycles. The second-order valence-corrected chi connectivity index (χ2v) is 4.79. The van der Waals surface area contributed by atoms with Crippen molar-refractivity contribution in [3.05, 3.63) is 59.5 Å². The van der Waals surface area contributed by atoms with E-state index in [2.05, 4.69) is 29.5 Å². The summed E-state index contributed by atoms with van der Waals surface area (Å²) in [6.45, 7) is 4.87. The summed E-state index contributed by atoms with van der Waals surface area (Å²) in [7, 11) is 0. The fraction of sp³-hybridized carbons (Fsp3) is 0.353. The van der Waals surface area contributed by atoms with Crippen LogP contribution in [0.25, 0.3) is 6.08 Å². The van der Waals surface area contributed by atoms with E-state index in [0.717, 1.165) is 31.0 Å². The van der Waals surface area contributed by atoms with Crippen molar-refractivity contribution < 1.29 is 9.26 Å². The number of nitrogens with zero attached hydrogens (tertiary/aromatic N) is 1. The molecule has 4 nitrogen and oxygen atoms in total. The van der Waals surface area contributed by atoms with Crippen molar-refractivity contribution in [2.45, 2.75) is 26.5 Å². The van der Waals surface area contributed by atoms with E-state index >= 15 is 0 Å². The number of hydrogen-bond acceptors (Lipinski definition) is 4. The minimum absolute atomic E-state index is 0.444. The first kappa shape index (κ1) is 15.5. The molecule has 0 fully saturated rings. The molecule has 0 amide bonds. The Labute approximate surface area is 125 Å². The van der Waals surface area contributed by atoms with Gasteiger partial charge in [-0.1, -0.05) is 54.6 Å². The van der Waals surface area contributed by atoms with Crippen molar-refractivity contribution in [2.75, 3.05) is 13.2 Å². The number of aromatic nitrogens is 1. The van der Waals surface area contributed by atoms with Gasteiger partial charge in [-0.05, 0) is 18.5 Å². The fourth-order valence-corrected chi connectivity index (χ4v) is 1.88. The molecule has 1 aromatic carbocycles. The Hall–Kier alpha value is -1.91. The average molecular weight is 286 g/mol. The first-order valence-electron chi connectivity index (χ1n) is 7.33. The van der Waals surface area contributed by atoms with Crippen molar-refractivity contribution >= 4 is 6.08 Å². The van der Waals surface area contributed by atoms with Crippen LogP contribution in [0, 0.1) is 0 Å². The summed E-state index contributed by atoms with van der Waals surface area (Å²) in [5.41, 5.74) is 2.09. The summed E-state index contributed by atoms with van der Waals surface area (Å²) >= 11 is 0. The molecule has 0 bridgehead atoms. The zero-order chi connectivity index (χ0) is 14.8. The summed E-state index contributed by atoms with van der Waals surface area (Å²) in [6, 6.07) is 12.1. The maximum Gasteiger partial charge on any atom is 0.162 e. The molecule has 0 aliphatic heterocycles. The van der Waals surface area contributed by atoms with E-state index in [4.69, 9.17) is 9.26 Å². The van der Waals surface area contributed by atoms with Crippen LogP contribution < -0.4 is 5.32 Å². The van der Waals surface area contributed by atoms with Crippen LogP contribution >= 0.6 is 0 Å². The van der Waals surface area contributed by atoms with Crippen LogP contribution in [0.1, 0.15) is 30.4 Å². The Bertz CT molecular complexity index is 535. The van der Waals surface area contributed by atoms with Gasteiger partial charge >= 0.3 is 0 Å². The van der Waals surface area contributed by atoms with Gasteiger partial charge in [0.15, 0.2) is 5.76 Å². The highest BCUT2D eigenvalue weighted by Crippen LogP contribution is 2.06. The molecule has 0 aliphatic rings. The van der Waals surface area contributed by atoms with Crippen LogP contribution in [-0.4, -0.2) is 18.3 Å². The van der Waals surface area contributed by atoms with Crippen molar-refractivity contribution in [1.29, 1.82) is 0 Å². The van der Waals surface area contributed by atoms with Crippen molar-refractivity contribution in [3.63, 3.8) is 0 Å². The number of benzene rings is 1. The minimum Gasteiger partial charge on any atom is -0.369 e. The number of hydrogen-bond donors (Lipinski definition) is 1. The van der Waals surface area contributed by atoms with Gasteiger partial charge in [-0.15, -0.1) is 0 Å². The van der Waals surface area contributed by atoms with E-state index in [9.17, 15) is 0 Å². The molecule has 112 valence electrons. The summed E-state index contributed by atoms with van der Waals surface area (Å²) in [4.78, 5) is 0. The largest absolute Gasteiger partial charge is 0.369 e. The number of nitrogens with one attached hydrogen (secondary N) is 1. The Kier molecular flexibility index (Phi) is 6.71. The molecule has 0 aliphatic carbocycles. The van der Waals surface area contributed by atoms with Gasteiger partial charge in [0.2, 0.25) is 0 Å². The summed E-state index contributed by atoms with van der Waals surface area (Å²) in [6.07, 6.45) is 5.15. The van der Waals surface area contributed by atoms with Crippen LogP contribution in [-0.2, 0) is 17.9 Å². The molecule has 1 N–H and O–H groups in total. The van der Waals surface area contributed by atoms with E-state index in [1.807, 2.05) is 36.4 Å². The third kappa shape index (κ3) is 5.94. The summed E-state index contributed by atoms with van der Waals surface area (Å²) in [5, 5.41) is 7.28. The number of rotatable bonds is 9. The van der Waals surface area contributed by atoms with E-state index < -0.39 is 0 Å². The highest BCUT2D eigenvalue weighted by molar-refractivity contribution is 5.48. The average Bonchev–Trinajstić information content (AvgIpc) is 2.96. The molecule has 21 heavy (non-hydrogen) atoms. The molecule has 2 aromatic rings. The standard InChI is InChI=1S/C17H22N2O2/c1-2-10-18-13-16-12-17(21-19-16)14-20-11-6-9-15-7-4-3-5-8-15/h3-9,12,18H,2,10-11,13-14H2,1H3. The monoisotopic (exact) mass is 286 g/mol. The molecule has 1 heterocycles. The molecule has 1 aromatic heterocycles. The first-order chi connectivity index (χ1) is 10.4. The smallest absolute Gasteiger partial charge is 0.162 e. The molecule has 0 spiro atoms. The lowest BCUT2D eigenvalue weighted by Crippen LogP contribution is -2.13. The quantitative estimate of drug-likeness (QED) is 0.718. The fourth-order valence-electron chi connectivity index (χ4n) is 1.88. The van der Waals surface area contributed by atoms with Crippen molar-refractivity contribution in [2.24, 2.45) is 0 Å². The molecular formula is C17H22N2O2. The first-order valence-corrected chi connectivity index (χ1v) is 7.33. The second kappa shape index (κ2) is 9.10. The maximum absolute atomic E-state index is 5.54. The third-order valence-electron chi connectivity index (χ3n) is 2.91. The predicted molar refractivity (Wildman–Crippen MR) is 83.6 cm³/mol. The predicted octanol–water partition coefficient (Wildman–Crippen LogP) is 3.40. The Morgan fingerprint density at radius 1 is 1.29 bits per heavy atom. The van der Waals surface area contributed by atoms with E-state index in [1.54, 1.807) is 0 Å². The highest BCUT2D eigenvalue weighted by Gasteiger charge is 2.03. The normalized spacial score (nSPS) is 11.3. The second-order valence-electron chi connectivity index (χ2n) is 4.79. The maximum atomic E-state index is 5.54. The number of ether oxygens (including phenoxy) is 1.